The van der Waals surface area contributed by atoms with Crippen molar-refractivity contribution in [2.75, 3.05) is 13.2 Å². The molecule has 0 saturated heterocycles. The molecule has 0 amide bonds. The van der Waals surface area contributed by atoms with Gasteiger partial charge in [0.2, 0.25) is 0 Å². The van der Waals surface area contributed by atoms with Gasteiger partial charge in [-0.2, -0.15) is 0 Å². The molecule has 5 heteroatoms. The molecule has 1 aliphatic rings. The maximum Gasteiger partial charge on any atom is 0.339 e. The van der Waals surface area contributed by atoms with Gasteiger partial charge in [0.15, 0.2) is 0 Å². The van der Waals surface area contributed by atoms with Gasteiger partial charge in [0.05, 0.1) is 13.2 Å². The van der Waals surface area contributed by atoms with E-state index in [0.29, 0.717) is 25.4 Å². The Morgan fingerprint density at radius 3 is 2.35 bits per heavy atom. The molecular formula is C26H25FO4. The van der Waals surface area contributed by atoms with Crippen LogP contribution < -0.4 is 9.47 Å². The second-order valence-corrected chi connectivity index (χ2v) is 7.67. The lowest BCUT2D eigenvalue weighted by Crippen LogP contribution is -2.10. The average Bonchev–Trinajstić information content (AvgIpc) is 2.79. The molecule has 3 aromatic rings. The van der Waals surface area contributed by atoms with Gasteiger partial charge in [-0.25, -0.2) is 9.18 Å². The summed E-state index contributed by atoms with van der Waals surface area (Å²) >= 11 is 0. The van der Waals surface area contributed by atoms with Crippen LogP contribution in [0.5, 0.6) is 11.5 Å². The summed E-state index contributed by atoms with van der Waals surface area (Å²) in [5.74, 6) is -0.122. The third kappa shape index (κ3) is 5.05. The minimum atomic E-state index is -1.05. The molecule has 31 heavy (non-hydrogen) atoms. The zero-order valence-electron chi connectivity index (χ0n) is 17.3. The van der Waals surface area contributed by atoms with E-state index >= 15 is 0 Å². The predicted octanol–water partition coefficient (Wildman–Crippen LogP) is 5.92. The van der Waals surface area contributed by atoms with Crippen LogP contribution in [0.2, 0.25) is 0 Å². The first-order valence-corrected chi connectivity index (χ1v) is 10.6. The van der Waals surface area contributed by atoms with E-state index in [1.807, 2.05) is 12.1 Å². The monoisotopic (exact) mass is 420 g/mol. The van der Waals surface area contributed by atoms with Crippen molar-refractivity contribution >= 4 is 5.97 Å². The number of aromatic carboxylic acids is 1. The summed E-state index contributed by atoms with van der Waals surface area (Å²) in [5.41, 5.74) is 4.36. The molecule has 1 N–H and O–H groups in total. The molecule has 4 rings (SSSR count). The van der Waals surface area contributed by atoms with Gasteiger partial charge in [-0.05, 0) is 78.3 Å². The van der Waals surface area contributed by atoms with E-state index in [4.69, 9.17) is 9.47 Å². The molecule has 0 saturated carbocycles. The highest BCUT2D eigenvalue weighted by Gasteiger charge is 2.15. The van der Waals surface area contributed by atoms with Crippen LogP contribution in [0.1, 0.15) is 40.7 Å². The Hall–Kier alpha value is -3.34. The Kier molecular flexibility index (Phi) is 6.51. The van der Waals surface area contributed by atoms with Crippen LogP contribution in [0, 0.1) is 5.82 Å². The molecule has 0 aromatic heterocycles. The minimum Gasteiger partial charge on any atom is -0.493 e. The van der Waals surface area contributed by atoms with E-state index in [2.05, 4.69) is 6.07 Å². The number of halogens is 1. The van der Waals surface area contributed by atoms with Gasteiger partial charge in [0.25, 0.3) is 0 Å². The van der Waals surface area contributed by atoms with Crippen LogP contribution in [0.4, 0.5) is 4.39 Å². The first-order chi connectivity index (χ1) is 15.1. The van der Waals surface area contributed by atoms with Gasteiger partial charge in [0.1, 0.15) is 22.9 Å². The van der Waals surface area contributed by atoms with E-state index in [1.165, 1.54) is 42.2 Å². The maximum atomic E-state index is 13.2. The molecule has 0 atom stereocenters. The number of carboxylic acids is 1. The van der Waals surface area contributed by atoms with Crippen LogP contribution in [-0.2, 0) is 12.8 Å². The van der Waals surface area contributed by atoms with Gasteiger partial charge in [-0.1, -0.05) is 30.3 Å². The number of aryl methyl sites for hydroxylation is 1. The number of hydrogen-bond donors (Lipinski definition) is 1. The zero-order valence-corrected chi connectivity index (χ0v) is 17.3. The van der Waals surface area contributed by atoms with Gasteiger partial charge in [0, 0.05) is 6.42 Å². The number of carbonyl (C=O) groups is 1. The fourth-order valence-electron chi connectivity index (χ4n) is 3.95. The van der Waals surface area contributed by atoms with E-state index in [0.717, 1.165) is 29.7 Å². The molecule has 0 spiro atoms. The summed E-state index contributed by atoms with van der Waals surface area (Å²) in [4.78, 5) is 11.6. The molecule has 0 unspecified atom stereocenters. The van der Waals surface area contributed by atoms with Crippen LogP contribution in [0.3, 0.4) is 0 Å². The fourth-order valence-corrected chi connectivity index (χ4v) is 3.95. The fraction of sp³-hybridized carbons (Fsp3) is 0.269. The Morgan fingerprint density at radius 2 is 1.58 bits per heavy atom. The number of ether oxygens (including phenoxy) is 2. The molecule has 1 aliphatic carbocycles. The SMILES string of the molecule is O=C(O)c1ccc(-c2ccc(F)cc2)cc1OCCCOc1cccc2c1CCCC2. The van der Waals surface area contributed by atoms with Crippen molar-refractivity contribution in [1.29, 1.82) is 0 Å². The van der Waals surface area contributed by atoms with Crippen LogP contribution in [0.15, 0.2) is 60.7 Å². The van der Waals surface area contributed by atoms with Crippen molar-refractivity contribution < 1.29 is 23.8 Å². The van der Waals surface area contributed by atoms with Crippen molar-refractivity contribution in [1.82, 2.24) is 0 Å². The molecule has 0 radical (unpaired) electrons. The summed E-state index contributed by atoms with van der Waals surface area (Å²) in [5, 5.41) is 9.47. The summed E-state index contributed by atoms with van der Waals surface area (Å²) in [6.45, 7) is 0.832. The Labute approximate surface area is 181 Å². The maximum absolute atomic E-state index is 13.2. The summed E-state index contributed by atoms with van der Waals surface area (Å²) in [6.07, 6.45) is 5.22. The molecule has 160 valence electrons. The molecular weight excluding hydrogens is 395 g/mol. The zero-order chi connectivity index (χ0) is 21.6. The topological polar surface area (TPSA) is 55.8 Å². The van der Waals surface area contributed by atoms with Crippen LogP contribution >= 0.6 is 0 Å². The van der Waals surface area contributed by atoms with Crippen molar-refractivity contribution in [3.8, 4) is 22.6 Å². The third-order valence-electron chi connectivity index (χ3n) is 5.55. The molecule has 0 fully saturated rings. The Balaban J connectivity index is 1.38. The van der Waals surface area contributed by atoms with Crippen molar-refractivity contribution in [3.63, 3.8) is 0 Å². The normalized spacial score (nSPS) is 12.8. The minimum absolute atomic E-state index is 0.101. The predicted molar refractivity (Wildman–Crippen MR) is 117 cm³/mol. The van der Waals surface area contributed by atoms with Gasteiger partial charge < -0.3 is 14.6 Å². The molecule has 0 bridgehead atoms. The van der Waals surface area contributed by atoms with E-state index in [9.17, 15) is 14.3 Å². The first kappa shape index (κ1) is 20.9. The standard InChI is InChI=1S/C26H25FO4/c27-21-12-9-18(10-13-21)20-11-14-23(26(28)29)25(17-20)31-16-4-15-30-24-8-3-6-19-5-1-2-7-22(19)24/h3,6,8-14,17H,1-2,4-5,7,15-16H2,(H,28,29). The number of benzene rings is 3. The second kappa shape index (κ2) is 9.65. The van der Waals surface area contributed by atoms with Crippen molar-refractivity contribution in [3.05, 3.63) is 83.2 Å². The number of rotatable bonds is 8. The molecule has 0 heterocycles. The van der Waals surface area contributed by atoms with E-state index < -0.39 is 5.97 Å². The van der Waals surface area contributed by atoms with Crippen LogP contribution in [-0.4, -0.2) is 24.3 Å². The van der Waals surface area contributed by atoms with E-state index in [1.54, 1.807) is 24.3 Å². The van der Waals surface area contributed by atoms with Gasteiger partial charge in [-0.3, -0.25) is 0 Å². The lowest BCUT2D eigenvalue weighted by atomic mass is 9.91. The lowest BCUT2D eigenvalue weighted by Gasteiger charge is -2.19. The largest absolute Gasteiger partial charge is 0.493 e. The Bertz CT molecular complexity index is 1060. The smallest absolute Gasteiger partial charge is 0.339 e. The molecule has 4 nitrogen and oxygen atoms in total. The third-order valence-corrected chi connectivity index (χ3v) is 5.55. The summed E-state index contributed by atoms with van der Waals surface area (Å²) in [7, 11) is 0. The highest BCUT2D eigenvalue weighted by atomic mass is 19.1. The second-order valence-electron chi connectivity index (χ2n) is 7.67. The number of carboxylic acid groups (broad SMARTS) is 1. The first-order valence-electron chi connectivity index (χ1n) is 10.6. The van der Waals surface area contributed by atoms with Crippen LogP contribution in [0.25, 0.3) is 11.1 Å². The van der Waals surface area contributed by atoms with Gasteiger partial charge in [-0.15, -0.1) is 0 Å². The van der Waals surface area contributed by atoms with Crippen molar-refractivity contribution in [2.45, 2.75) is 32.1 Å². The number of hydrogen-bond acceptors (Lipinski definition) is 3. The average molecular weight is 420 g/mol. The molecule has 3 aromatic carbocycles. The lowest BCUT2D eigenvalue weighted by molar-refractivity contribution is 0.0692. The quantitative estimate of drug-likeness (QED) is 0.460. The summed E-state index contributed by atoms with van der Waals surface area (Å²) < 4.78 is 25.0. The summed E-state index contributed by atoms with van der Waals surface area (Å²) in [6, 6.07) is 17.2. The van der Waals surface area contributed by atoms with E-state index in [-0.39, 0.29) is 11.4 Å². The van der Waals surface area contributed by atoms with Gasteiger partial charge >= 0.3 is 5.97 Å². The van der Waals surface area contributed by atoms with Crippen molar-refractivity contribution in [2.24, 2.45) is 0 Å². The highest BCUT2D eigenvalue weighted by molar-refractivity contribution is 5.92. The number of fused-ring (bicyclic) bond motifs is 1. The molecule has 0 aliphatic heterocycles. The highest BCUT2D eigenvalue weighted by Crippen LogP contribution is 2.30. The Morgan fingerprint density at radius 1 is 0.871 bits per heavy atom.